The molecule has 0 aliphatic heterocycles. The fourth-order valence-corrected chi connectivity index (χ4v) is 1.69. The molecule has 0 aromatic heterocycles. The minimum absolute atomic E-state index is 0.204. The van der Waals surface area contributed by atoms with Gasteiger partial charge in [-0.25, -0.2) is 4.79 Å². The Balaban J connectivity index is 2.85. The van der Waals surface area contributed by atoms with Crippen LogP contribution in [0, 0.1) is 0 Å². The largest absolute Gasteiger partial charge is 0.456 e. The lowest BCUT2D eigenvalue weighted by atomic mass is 10.1. The Bertz CT molecular complexity index is 483. The van der Waals surface area contributed by atoms with Crippen molar-refractivity contribution in [1.82, 2.24) is 0 Å². The molecule has 0 bridgehead atoms. The van der Waals surface area contributed by atoms with Gasteiger partial charge in [0, 0.05) is 18.8 Å². The fourth-order valence-electron chi connectivity index (χ4n) is 1.69. The average Bonchev–Trinajstić information content (AvgIpc) is 2.42. The maximum atomic E-state index is 12.0. The second-order valence-corrected chi connectivity index (χ2v) is 5.80. The Hall–Kier alpha value is -1.63. The van der Waals surface area contributed by atoms with E-state index in [4.69, 9.17) is 15.6 Å². The number of esters is 1. The molecule has 0 saturated carbocycles. The van der Waals surface area contributed by atoms with Gasteiger partial charge in [-0.2, -0.15) is 0 Å². The molecular weight excluding hydrogens is 272 g/mol. The number of aliphatic hydroxyl groups excluding tert-OH is 2. The number of nitrogens with two attached hydrogens (primary N) is 1. The maximum absolute atomic E-state index is 12.0. The lowest BCUT2D eigenvalue weighted by Crippen LogP contribution is -2.25. The van der Waals surface area contributed by atoms with Crippen LogP contribution in [-0.2, 0) is 11.3 Å². The standard InChI is InChI=1S/C15H24N2O4/c1-15(2,3)21-14(20)10-4-5-13(11(6-10)7-16)17-8-12(19)9-18/h4-6,12,17-19H,7-9,16H2,1-3H3. The number of carbonyl (C=O) groups is 1. The molecule has 0 aliphatic rings. The predicted molar refractivity (Wildman–Crippen MR) is 81.1 cm³/mol. The SMILES string of the molecule is CC(C)(C)OC(=O)c1ccc(NCC(O)CO)c(CN)c1. The van der Waals surface area contributed by atoms with Gasteiger partial charge in [0.15, 0.2) is 0 Å². The van der Waals surface area contributed by atoms with Crippen LogP contribution in [0.1, 0.15) is 36.7 Å². The van der Waals surface area contributed by atoms with E-state index in [0.717, 1.165) is 11.3 Å². The summed E-state index contributed by atoms with van der Waals surface area (Å²) in [6, 6.07) is 5.02. The zero-order valence-corrected chi connectivity index (χ0v) is 12.7. The number of benzene rings is 1. The van der Waals surface area contributed by atoms with Crippen molar-refractivity contribution in [3.05, 3.63) is 29.3 Å². The zero-order valence-electron chi connectivity index (χ0n) is 12.7. The van der Waals surface area contributed by atoms with Crippen LogP contribution in [0.5, 0.6) is 0 Å². The second-order valence-electron chi connectivity index (χ2n) is 5.80. The Kier molecular flexibility index (Phi) is 6.14. The average molecular weight is 296 g/mol. The molecule has 1 unspecified atom stereocenters. The summed E-state index contributed by atoms with van der Waals surface area (Å²) in [4.78, 5) is 12.0. The minimum atomic E-state index is -0.846. The third kappa shape index (κ3) is 5.71. The molecule has 118 valence electrons. The Morgan fingerprint density at radius 3 is 2.62 bits per heavy atom. The number of anilines is 1. The highest BCUT2D eigenvalue weighted by Crippen LogP contribution is 2.19. The molecule has 0 amide bonds. The van der Waals surface area contributed by atoms with Crippen molar-refractivity contribution in [3.8, 4) is 0 Å². The summed E-state index contributed by atoms with van der Waals surface area (Å²) in [5.74, 6) is -0.404. The molecule has 0 aliphatic carbocycles. The van der Waals surface area contributed by atoms with Crippen molar-refractivity contribution in [1.29, 1.82) is 0 Å². The first-order chi connectivity index (χ1) is 9.76. The summed E-state index contributed by atoms with van der Waals surface area (Å²) in [6.07, 6.45) is -0.846. The molecular formula is C15H24N2O4. The Labute approximate surface area is 124 Å². The topological polar surface area (TPSA) is 105 Å². The van der Waals surface area contributed by atoms with Crippen LogP contribution < -0.4 is 11.1 Å². The van der Waals surface area contributed by atoms with E-state index in [1.165, 1.54) is 0 Å². The molecule has 0 radical (unpaired) electrons. The Morgan fingerprint density at radius 2 is 2.10 bits per heavy atom. The fraction of sp³-hybridized carbons (Fsp3) is 0.533. The van der Waals surface area contributed by atoms with Crippen LogP contribution >= 0.6 is 0 Å². The van der Waals surface area contributed by atoms with Gasteiger partial charge in [-0.1, -0.05) is 0 Å². The van der Waals surface area contributed by atoms with E-state index in [0.29, 0.717) is 5.56 Å². The van der Waals surface area contributed by atoms with Crippen molar-refractivity contribution in [2.75, 3.05) is 18.5 Å². The highest BCUT2D eigenvalue weighted by molar-refractivity contribution is 5.90. The predicted octanol–water partition coefficient (Wildman–Crippen LogP) is 0.866. The molecule has 21 heavy (non-hydrogen) atoms. The third-order valence-electron chi connectivity index (χ3n) is 2.70. The van der Waals surface area contributed by atoms with Crippen molar-refractivity contribution >= 4 is 11.7 Å². The van der Waals surface area contributed by atoms with Crippen LogP contribution in [0.4, 0.5) is 5.69 Å². The van der Waals surface area contributed by atoms with Gasteiger partial charge < -0.3 is 26.0 Å². The highest BCUT2D eigenvalue weighted by Gasteiger charge is 2.18. The summed E-state index contributed by atoms with van der Waals surface area (Å²) in [5, 5.41) is 21.1. The van der Waals surface area contributed by atoms with E-state index in [1.54, 1.807) is 39.0 Å². The van der Waals surface area contributed by atoms with Crippen molar-refractivity contribution in [2.45, 2.75) is 39.0 Å². The van der Waals surface area contributed by atoms with E-state index in [9.17, 15) is 9.90 Å². The third-order valence-corrected chi connectivity index (χ3v) is 2.70. The quantitative estimate of drug-likeness (QED) is 0.581. The molecule has 1 aromatic rings. The molecule has 5 N–H and O–H groups in total. The Morgan fingerprint density at radius 1 is 1.43 bits per heavy atom. The van der Waals surface area contributed by atoms with Gasteiger partial charge in [0.2, 0.25) is 0 Å². The van der Waals surface area contributed by atoms with Gasteiger partial charge in [0.05, 0.1) is 18.3 Å². The number of rotatable bonds is 6. The van der Waals surface area contributed by atoms with Gasteiger partial charge in [0.25, 0.3) is 0 Å². The molecule has 6 nitrogen and oxygen atoms in total. The first-order valence-corrected chi connectivity index (χ1v) is 6.86. The van der Waals surface area contributed by atoms with Crippen LogP contribution in [0.2, 0.25) is 0 Å². The van der Waals surface area contributed by atoms with Gasteiger partial charge >= 0.3 is 5.97 Å². The van der Waals surface area contributed by atoms with Crippen molar-refractivity contribution in [3.63, 3.8) is 0 Å². The molecule has 6 heteroatoms. The van der Waals surface area contributed by atoms with Gasteiger partial charge in [-0.05, 0) is 44.5 Å². The van der Waals surface area contributed by atoms with Crippen molar-refractivity contribution < 1.29 is 19.7 Å². The van der Waals surface area contributed by atoms with Crippen LogP contribution in [0.3, 0.4) is 0 Å². The lowest BCUT2D eigenvalue weighted by molar-refractivity contribution is 0.00694. The number of hydrogen-bond acceptors (Lipinski definition) is 6. The maximum Gasteiger partial charge on any atom is 0.338 e. The summed E-state index contributed by atoms with van der Waals surface area (Å²) < 4.78 is 5.31. The van der Waals surface area contributed by atoms with Gasteiger partial charge in [-0.3, -0.25) is 0 Å². The smallest absolute Gasteiger partial charge is 0.338 e. The van der Waals surface area contributed by atoms with Crippen LogP contribution in [0.25, 0.3) is 0 Å². The molecule has 1 aromatic carbocycles. The molecule has 0 spiro atoms. The van der Waals surface area contributed by atoms with Gasteiger partial charge in [-0.15, -0.1) is 0 Å². The van der Waals surface area contributed by atoms with Crippen molar-refractivity contribution in [2.24, 2.45) is 5.73 Å². The van der Waals surface area contributed by atoms with E-state index in [2.05, 4.69) is 5.32 Å². The number of carbonyl (C=O) groups excluding carboxylic acids is 1. The van der Waals surface area contributed by atoms with E-state index in [-0.39, 0.29) is 19.7 Å². The summed E-state index contributed by atoms with van der Waals surface area (Å²) in [7, 11) is 0. The summed E-state index contributed by atoms with van der Waals surface area (Å²) in [5.41, 5.74) is 7.02. The summed E-state index contributed by atoms with van der Waals surface area (Å²) in [6.45, 7) is 5.55. The van der Waals surface area contributed by atoms with E-state index < -0.39 is 17.7 Å². The number of ether oxygens (including phenoxy) is 1. The molecule has 0 fully saturated rings. The van der Waals surface area contributed by atoms with Gasteiger partial charge in [0.1, 0.15) is 5.60 Å². The normalized spacial score (nSPS) is 12.9. The first-order valence-electron chi connectivity index (χ1n) is 6.86. The number of aliphatic hydroxyl groups is 2. The first kappa shape index (κ1) is 17.4. The number of hydrogen-bond donors (Lipinski definition) is 4. The summed E-state index contributed by atoms with van der Waals surface area (Å²) >= 11 is 0. The monoisotopic (exact) mass is 296 g/mol. The highest BCUT2D eigenvalue weighted by atomic mass is 16.6. The van der Waals surface area contributed by atoms with E-state index >= 15 is 0 Å². The zero-order chi connectivity index (χ0) is 16.0. The molecule has 1 rings (SSSR count). The number of nitrogens with one attached hydrogen (secondary N) is 1. The molecule has 1 atom stereocenters. The van der Waals surface area contributed by atoms with Crippen LogP contribution in [-0.4, -0.2) is 41.0 Å². The molecule has 0 saturated heterocycles. The minimum Gasteiger partial charge on any atom is -0.456 e. The molecule has 0 heterocycles. The van der Waals surface area contributed by atoms with E-state index in [1.807, 2.05) is 0 Å². The van der Waals surface area contributed by atoms with Crippen LogP contribution in [0.15, 0.2) is 18.2 Å². The second kappa shape index (κ2) is 7.40. The lowest BCUT2D eigenvalue weighted by Gasteiger charge is -2.20.